The van der Waals surface area contributed by atoms with Crippen LogP contribution < -0.4 is 19.5 Å². The lowest BCUT2D eigenvalue weighted by Gasteiger charge is -2.31. The smallest absolute Gasteiger partial charge is 0.165 e. The Labute approximate surface area is 106 Å². The van der Waals surface area contributed by atoms with Crippen molar-refractivity contribution in [2.45, 2.75) is 12.0 Å². The van der Waals surface area contributed by atoms with Crippen LogP contribution in [0.5, 0.6) is 17.2 Å². The monoisotopic (exact) mass is 245 g/mol. The quantitative estimate of drug-likeness (QED) is 0.753. The van der Waals surface area contributed by atoms with E-state index < -0.39 is 0 Å². The third kappa shape index (κ3) is 1.49. The molecule has 3 aliphatic heterocycles. The maximum atomic E-state index is 6.16. The molecular weight excluding hydrogens is 230 g/mol. The molecule has 1 fully saturated rings. The molecule has 94 valence electrons. The molecule has 0 radical (unpaired) electrons. The molecule has 3 heterocycles. The highest BCUT2D eigenvalue weighted by Crippen LogP contribution is 2.42. The normalized spacial score (nSPS) is 28.0. The molecule has 4 heteroatoms. The molecule has 0 aromatic heterocycles. The molecule has 1 unspecified atom stereocenters. The second kappa shape index (κ2) is 3.65. The predicted octanol–water partition coefficient (Wildman–Crippen LogP) is 1.60. The lowest BCUT2D eigenvalue weighted by atomic mass is 9.97. The summed E-state index contributed by atoms with van der Waals surface area (Å²) in [7, 11) is 0. The molecular formula is C14H15NO3. The van der Waals surface area contributed by atoms with E-state index in [1.165, 1.54) is 0 Å². The SMILES string of the molecule is C1=CC2(CCNC2)Oc2cc3c(cc21)OCCO3. The van der Waals surface area contributed by atoms with Crippen LogP contribution in [0.15, 0.2) is 18.2 Å². The minimum atomic E-state index is -0.170. The van der Waals surface area contributed by atoms with E-state index in [9.17, 15) is 0 Å². The molecule has 0 saturated carbocycles. The van der Waals surface area contributed by atoms with E-state index in [4.69, 9.17) is 14.2 Å². The topological polar surface area (TPSA) is 39.7 Å². The Morgan fingerprint density at radius 1 is 1.06 bits per heavy atom. The van der Waals surface area contributed by atoms with Gasteiger partial charge in [0.05, 0.1) is 0 Å². The van der Waals surface area contributed by atoms with Crippen molar-refractivity contribution in [3.63, 3.8) is 0 Å². The molecule has 18 heavy (non-hydrogen) atoms. The first kappa shape index (κ1) is 10.3. The molecule has 4 rings (SSSR count). The standard InChI is InChI=1S/C14H15NO3/c1-2-14(3-4-15-9-14)18-11-8-13-12(7-10(1)11)16-5-6-17-13/h1-2,7-8,15H,3-6,9H2. The van der Waals surface area contributed by atoms with Crippen LogP contribution in [0.4, 0.5) is 0 Å². The minimum Gasteiger partial charge on any atom is -0.486 e. The maximum Gasteiger partial charge on any atom is 0.165 e. The zero-order chi connectivity index (χ0) is 12.0. The van der Waals surface area contributed by atoms with Crippen molar-refractivity contribution >= 4 is 6.08 Å². The fourth-order valence-electron chi connectivity index (χ4n) is 2.72. The molecule has 0 aliphatic carbocycles. The van der Waals surface area contributed by atoms with Crippen LogP contribution in [0.2, 0.25) is 0 Å². The van der Waals surface area contributed by atoms with E-state index in [0.717, 1.165) is 42.3 Å². The van der Waals surface area contributed by atoms with Gasteiger partial charge in [0, 0.05) is 24.6 Å². The Hall–Kier alpha value is -1.68. The van der Waals surface area contributed by atoms with Crippen molar-refractivity contribution in [2.75, 3.05) is 26.3 Å². The number of benzene rings is 1. The Balaban J connectivity index is 1.75. The molecule has 1 atom stereocenters. The molecule has 3 aliphatic rings. The van der Waals surface area contributed by atoms with Gasteiger partial charge in [0.15, 0.2) is 11.5 Å². The van der Waals surface area contributed by atoms with Crippen LogP contribution in [0.1, 0.15) is 12.0 Å². The molecule has 0 amide bonds. The Morgan fingerprint density at radius 3 is 2.67 bits per heavy atom. The van der Waals surface area contributed by atoms with Gasteiger partial charge in [-0.15, -0.1) is 0 Å². The summed E-state index contributed by atoms with van der Waals surface area (Å²) in [4.78, 5) is 0. The summed E-state index contributed by atoms with van der Waals surface area (Å²) in [6.07, 6.45) is 5.30. The molecule has 1 aromatic rings. The van der Waals surface area contributed by atoms with Crippen molar-refractivity contribution < 1.29 is 14.2 Å². The number of rotatable bonds is 0. The largest absolute Gasteiger partial charge is 0.486 e. The van der Waals surface area contributed by atoms with E-state index in [-0.39, 0.29) is 5.60 Å². The third-order valence-electron chi connectivity index (χ3n) is 3.70. The van der Waals surface area contributed by atoms with Gasteiger partial charge in [-0.25, -0.2) is 0 Å². The van der Waals surface area contributed by atoms with Crippen molar-refractivity contribution in [3.8, 4) is 17.2 Å². The van der Waals surface area contributed by atoms with Crippen molar-refractivity contribution in [2.24, 2.45) is 0 Å². The van der Waals surface area contributed by atoms with Crippen molar-refractivity contribution in [1.29, 1.82) is 0 Å². The van der Waals surface area contributed by atoms with Gasteiger partial charge in [0.25, 0.3) is 0 Å². The Kier molecular flexibility index (Phi) is 2.08. The highest BCUT2D eigenvalue weighted by Gasteiger charge is 2.36. The van der Waals surface area contributed by atoms with E-state index in [0.29, 0.717) is 13.2 Å². The summed E-state index contributed by atoms with van der Waals surface area (Å²) >= 11 is 0. The summed E-state index contributed by atoms with van der Waals surface area (Å²) in [6.45, 7) is 3.10. The van der Waals surface area contributed by atoms with E-state index in [1.54, 1.807) is 0 Å². The zero-order valence-corrected chi connectivity index (χ0v) is 10.1. The molecule has 1 saturated heterocycles. The van der Waals surface area contributed by atoms with Crippen LogP contribution in [-0.4, -0.2) is 31.9 Å². The second-order valence-corrected chi connectivity index (χ2v) is 4.96. The lowest BCUT2D eigenvalue weighted by Crippen LogP contribution is -2.37. The number of hydrogen-bond acceptors (Lipinski definition) is 4. The Bertz CT molecular complexity index is 518. The fraction of sp³-hybridized carbons (Fsp3) is 0.429. The molecule has 0 bridgehead atoms. The van der Waals surface area contributed by atoms with Gasteiger partial charge in [-0.2, -0.15) is 0 Å². The van der Waals surface area contributed by atoms with Crippen LogP contribution >= 0.6 is 0 Å². The van der Waals surface area contributed by atoms with Gasteiger partial charge >= 0.3 is 0 Å². The van der Waals surface area contributed by atoms with Gasteiger partial charge in [-0.05, 0) is 18.7 Å². The number of nitrogens with one attached hydrogen (secondary N) is 1. The summed E-state index contributed by atoms with van der Waals surface area (Å²) in [6, 6.07) is 3.95. The van der Waals surface area contributed by atoms with Gasteiger partial charge in [-0.3, -0.25) is 0 Å². The number of fused-ring (bicyclic) bond motifs is 2. The van der Waals surface area contributed by atoms with Gasteiger partial charge in [0.1, 0.15) is 24.6 Å². The van der Waals surface area contributed by atoms with E-state index >= 15 is 0 Å². The molecule has 1 N–H and O–H groups in total. The minimum absolute atomic E-state index is 0.170. The first-order valence-electron chi connectivity index (χ1n) is 6.37. The van der Waals surface area contributed by atoms with Gasteiger partial charge < -0.3 is 19.5 Å². The van der Waals surface area contributed by atoms with E-state index in [2.05, 4.69) is 17.5 Å². The lowest BCUT2D eigenvalue weighted by molar-refractivity contribution is 0.135. The summed E-state index contributed by atoms with van der Waals surface area (Å²) in [5, 5.41) is 3.34. The van der Waals surface area contributed by atoms with Gasteiger partial charge in [0.2, 0.25) is 0 Å². The number of ether oxygens (including phenoxy) is 3. The Morgan fingerprint density at radius 2 is 1.89 bits per heavy atom. The summed E-state index contributed by atoms with van der Waals surface area (Å²) in [5.41, 5.74) is 0.897. The van der Waals surface area contributed by atoms with Crippen molar-refractivity contribution in [3.05, 3.63) is 23.8 Å². The molecule has 4 nitrogen and oxygen atoms in total. The summed E-state index contributed by atoms with van der Waals surface area (Å²) < 4.78 is 17.3. The van der Waals surface area contributed by atoms with Crippen LogP contribution in [-0.2, 0) is 0 Å². The van der Waals surface area contributed by atoms with Crippen molar-refractivity contribution in [1.82, 2.24) is 5.32 Å². The summed E-state index contributed by atoms with van der Waals surface area (Å²) in [5.74, 6) is 2.50. The third-order valence-corrected chi connectivity index (χ3v) is 3.70. The van der Waals surface area contributed by atoms with E-state index in [1.807, 2.05) is 12.1 Å². The predicted molar refractivity (Wildman–Crippen MR) is 67.3 cm³/mol. The average Bonchev–Trinajstić information content (AvgIpc) is 2.85. The van der Waals surface area contributed by atoms with Crippen LogP contribution in [0.25, 0.3) is 6.08 Å². The average molecular weight is 245 g/mol. The number of hydrogen-bond donors (Lipinski definition) is 1. The van der Waals surface area contributed by atoms with Crippen LogP contribution in [0.3, 0.4) is 0 Å². The van der Waals surface area contributed by atoms with Crippen LogP contribution in [0, 0.1) is 0 Å². The second-order valence-electron chi connectivity index (χ2n) is 4.96. The fourth-order valence-corrected chi connectivity index (χ4v) is 2.72. The molecule has 1 aromatic carbocycles. The maximum absolute atomic E-state index is 6.16. The highest BCUT2D eigenvalue weighted by molar-refractivity contribution is 5.66. The first-order chi connectivity index (χ1) is 8.85. The first-order valence-corrected chi connectivity index (χ1v) is 6.37. The van der Waals surface area contributed by atoms with Gasteiger partial charge in [-0.1, -0.05) is 6.08 Å². The zero-order valence-electron chi connectivity index (χ0n) is 10.1. The highest BCUT2D eigenvalue weighted by atomic mass is 16.6. The molecule has 1 spiro atoms.